The van der Waals surface area contributed by atoms with Crippen molar-refractivity contribution in [2.24, 2.45) is 5.92 Å². The smallest absolute Gasteiger partial charge is 0.179 e. The largest absolute Gasteiger partial charge is 0.381 e. The van der Waals surface area contributed by atoms with Gasteiger partial charge in [-0.2, -0.15) is 0 Å². The van der Waals surface area contributed by atoms with Crippen LogP contribution in [0.5, 0.6) is 0 Å². The van der Waals surface area contributed by atoms with Gasteiger partial charge in [-0.15, -0.1) is 0 Å². The van der Waals surface area contributed by atoms with Crippen molar-refractivity contribution in [1.82, 2.24) is 4.90 Å². The van der Waals surface area contributed by atoms with Crippen LogP contribution in [0.15, 0.2) is 28.7 Å². The van der Waals surface area contributed by atoms with Crippen LogP contribution in [-0.4, -0.2) is 43.5 Å². The van der Waals surface area contributed by atoms with E-state index in [-0.39, 0.29) is 11.8 Å². The molecule has 1 aromatic rings. The van der Waals surface area contributed by atoms with Gasteiger partial charge in [0.15, 0.2) is 5.78 Å². The van der Waals surface area contributed by atoms with Crippen LogP contribution in [0.25, 0.3) is 0 Å². The molecule has 0 bridgehead atoms. The summed E-state index contributed by atoms with van der Waals surface area (Å²) in [5.41, 5.74) is 0.777. The molecule has 0 N–H and O–H groups in total. The van der Waals surface area contributed by atoms with E-state index >= 15 is 0 Å². The van der Waals surface area contributed by atoms with E-state index in [1.807, 2.05) is 38.2 Å². The molecule has 110 valence electrons. The summed E-state index contributed by atoms with van der Waals surface area (Å²) in [6.45, 7) is 4.66. The number of Topliss-reactive ketones (excluding diaryl/α,β-unsaturated/α-hetero) is 1. The molecule has 0 saturated carbocycles. The highest BCUT2D eigenvalue weighted by Crippen LogP contribution is 2.18. The molecule has 1 atom stereocenters. The molecular weight excluding hydrogens is 318 g/mol. The van der Waals surface area contributed by atoms with Gasteiger partial charge in [-0.1, -0.05) is 28.1 Å². The van der Waals surface area contributed by atoms with Crippen molar-refractivity contribution in [3.63, 3.8) is 0 Å². The number of likely N-dealkylation sites (N-methyl/N-ethyl adjacent to an activating group) is 1. The molecule has 1 aromatic carbocycles. The summed E-state index contributed by atoms with van der Waals surface area (Å²) in [6, 6.07) is 7.51. The summed E-state index contributed by atoms with van der Waals surface area (Å²) >= 11 is 3.39. The predicted octanol–water partition coefficient (Wildman–Crippen LogP) is 3.38. The van der Waals surface area contributed by atoms with E-state index in [2.05, 4.69) is 20.8 Å². The third kappa shape index (κ3) is 4.14. The van der Waals surface area contributed by atoms with Crippen LogP contribution in [0.2, 0.25) is 0 Å². The molecule has 4 heteroatoms. The van der Waals surface area contributed by atoms with Gasteiger partial charge in [0.1, 0.15) is 0 Å². The van der Waals surface area contributed by atoms with Gasteiger partial charge in [-0.3, -0.25) is 9.69 Å². The minimum Gasteiger partial charge on any atom is -0.381 e. The van der Waals surface area contributed by atoms with Gasteiger partial charge >= 0.3 is 0 Å². The van der Waals surface area contributed by atoms with Crippen molar-refractivity contribution < 1.29 is 9.53 Å². The maximum absolute atomic E-state index is 12.5. The number of nitrogens with zero attached hydrogens (tertiary/aromatic N) is 1. The summed E-state index contributed by atoms with van der Waals surface area (Å²) in [7, 11) is 2.04. The lowest BCUT2D eigenvalue weighted by molar-refractivity contribution is 0.0497. The lowest BCUT2D eigenvalue weighted by Gasteiger charge is -2.30. The van der Waals surface area contributed by atoms with Gasteiger partial charge in [0, 0.05) is 29.8 Å². The molecule has 20 heavy (non-hydrogen) atoms. The molecule has 0 aromatic heterocycles. The van der Waals surface area contributed by atoms with Crippen molar-refractivity contribution >= 4 is 21.7 Å². The molecule has 0 spiro atoms. The molecule has 0 aliphatic carbocycles. The number of carbonyl (C=O) groups excluding carboxylic acids is 1. The normalized spacial score (nSPS) is 18.2. The van der Waals surface area contributed by atoms with Crippen molar-refractivity contribution in [2.75, 3.05) is 26.8 Å². The SMILES string of the molecule is CC(C(=O)c1ccc(Br)cc1)N(C)CC1CCOCC1. The van der Waals surface area contributed by atoms with Crippen LogP contribution in [0.3, 0.4) is 0 Å². The molecule has 1 saturated heterocycles. The fourth-order valence-corrected chi connectivity index (χ4v) is 2.81. The number of hydrogen-bond acceptors (Lipinski definition) is 3. The summed E-state index contributed by atoms with van der Waals surface area (Å²) in [5, 5.41) is 0. The van der Waals surface area contributed by atoms with Gasteiger partial charge in [0.05, 0.1) is 6.04 Å². The topological polar surface area (TPSA) is 29.5 Å². The summed E-state index contributed by atoms with van der Waals surface area (Å²) < 4.78 is 6.38. The van der Waals surface area contributed by atoms with E-state index in [1.165, 1.54) is 0 Å². The van der Waals surface area contributed by atoms with Gasteiger partial charge < -0.3 is 4.74 Å². The standard InChI is InChI=1S/C16H22BrNO2/c1-12(16(19)14-3-5-15(17)6-4-14)18(2)11-13-7-9-20-10-8-13/h3-6,12-13H,7-11H2,1-2H3. The van der Waals surface area contributed by atoms with E-state index in [1.54, 1.807) is 0 Å². The third-order valence-electron chi connectivity index (χ3n) is 4.06. The Hall–Kier alpha value is -0.710. The van der Waals surface area contributed by atoms with Crippen LogP contribution in [0.1, 0.15) is 30.1 Å². The second-order valence-electron chi connectivity index (χ2n) is 5.54. The number of halogens is 1. The van der Waals surface area contributed by atoms with Crippen LogP contribution >= 0.6 is 15.9 Å². The van der Waals surface area contributed by atoms with Gasteiger partial charge in [0.2, 0.25) is 0 Å². The Morgan fingerprint density at radius 3 is 2.55 bits per heavy atom. The lowest BCUT2D eigenvalue weighted by atomic mass is 9.98. The zero-order valence-corrected chi connectivity index (χ0v) is 13.7. The van der Waals surface area contributed by atoms with E-state index in [9.17, 15) is 4.79 Å². The Labute approximate surface area is 129 Å². The van der Waals surface area contributed by atoms with Crippen LogP contribution in [0.4, 0.5) is 0 Å². The van der Waals surface area contributed by atoms with Crippen molar-refractivity contribution in [3.05, 3.63) is 34.3 Å². The second-order valence-corrected chi connectivity index (χ2v) is 6.46. The molecule has 3 nitrogen and oxygen atoms in total. The third-order valence-corrected chi connectivity index (χ3v) is 4.59. The van der Waals surface area contributed by atoms with Crippen LogP contribution in [-0.2, 0) is 4.74 Å². The van der Waals surface area contributed by atoms with Crippen molar-refractivity contribution in [1.29, 1.82) is 0 Å². The van der Waals surface area contributed by atoms with Crippen molar-refractivity contribution in [2.45, 2.75) is 25.8 Å². The first kappa shape index (κ1) is 15.7. The molecule has 0 amide bonds. The Morgan fingerprint density at radius 1 is 1.35 bits per heavy atom. The molecule has 2 rings (SSSR count). The summed E-state index contributed by atoms with van der Waals surface area (Å²) in [5.74, 6) is 0.834. The average Bonchev–Trinajstić information content (AvgIpc) is 2.47. The zero-order valence-electron chi connectivity index (χ0n) is 12.1. The molecule has 1 unspecified atom stereocenters. The first-order chi connectivity index (χ1) is 9.58. The molecule has 1 aliphatic heterocycles. The Kier molecular flexibility index (Phi) is 5.75. The number of ether oxygens (including phenoxy) is 1. The highest BCUT2D eigenvalue weighted by Gasteiger charge is 2.23. The number of hydrogen-bond donors (Lipinski definition) is 0. The maximum atomic E-state index is 12.5. The van der Waals surface area contributed by atoms with Crippen molar-refractivity contribution in [3.8, 4) is 0 Å². The van der Waals surface area contributed by atoms with E-state index in [4.69, 9.17) is 4.74 Å². The van der Waals surface area contributed by atoms with Crippen LogP contribution < -0.4 is 0 Å². The minimum atomic E-state index is -0.0842. The Balaban J connectivity index is 1.93. The first-order valence-electron chi connectivity index (χ1n) is 7.15. The quantitative estimate of drug-likeness (QED) is 0.770. The zero-order chi connectivity index (χ0) is 14.5. The van der Waals surface area contributed by atoms with E-state index in [0.717, 1.165) is 42.6 Å². The Bertz CT molecular complexity index is 440. The molecule has 1 aliphatic rings. The molecule has 0 radical (unpaired) electrons. The molecule has 1 fully saturated rings. The number of ketones is 1. The van der Waals surface area contributed by atoms with Gasteiger partial charge in [-0.25, -0.2) is 0 Å². The molecule has 1 heterocycles. The predicted molar refractivity (Wildman–Crippen MR) is 84.1 cm³/mol. The fourth-order valence-electron chi connectivity index (χ4n) is 2.55. The number of rotatable bonds is 5. The average molecular weight is 340 g/mol. The molecular formula is C16H22BrNO2. The van der Waals surface area contributed by atoms with Crippen LogP contribution in [0, 0.1) is 5.92 Å². The highest BCUT2D eigenvalue weighted by molar-refractivity contribution is 9.10. The minimum absolute atomic E-state index is 0.0842. The number of carbonyl (C=O) groups is 1. The number of benzene rings is 1. The maximum Gasteiger partial charge on any atom is 0.179 e. The lowest BCUT2D eigenvalue weighted by Crippen LogP contribution is -2.40. The first-order valence-corrected chi connectivity index (χ1v) is 7.95. The van der Waals surface area contributed by atoms with E-state index < -0.39 is 0 Å². The monoisotopic (exact) mass is 339 g/mol. The highest BCUT2D eigenvalue weighted by atomic mass is 79.9. The summed E-state index contributed by atoms with van der Waals surface area (Å²) in [4.78, 5) is 14.6. The Morgan fingerprint density at radius 2 is 1.95 bits per heavy atom. The van der Waals surface area contributed by atoms with Gasteiger partial charge in [-0.05, 0) is 44.9 Å². The van der Waals surface area contributed by atoms with Gasteiger partial charge in [0.25, 0.3) is 0 Å². The van der Waals surface area contributed by atoms with E-state index in [0.29, 0.717) is 5.92 Å². The fraction of sp³-hybridized carbons (Fsp3) is 0.562. The summed E-state index contributed by atoms with van der Waals surface area (Å²) in [6.07, 6.45) is 2.20. The second kappa shape index (κ2) is 7.34.